The summed E-state index contributed by atoms with van der Waals surface area (Å²) in [7, 11) is 0. The predicted octanol–water partition coefficient (Wildman–Crippen LogP) is -1.43. The van der Waals surface area contributed by atoms with Crippen LogP contribution in [0.1, 0.15) is 12.8 Å². The first-order valence-electron chi connectivity index (χ1n) is 6.05. The van der Waals surface area contributed by atoms with E-state index in [1.54, 1.807) is 0 Å². The molecule has 0 aliphatic carbocycles. The minimum atomic E-state index is -1.91. The maximum atomic E-state index is 10.6. The quantitative estimate of drug-likeness (QED) is 0.244. The van der Waals surface area contributed by atoms with Crippen molar-refractivity contribution in [2.75, 3.05) is 0 Å². The van der Waals surface area contributed by atoms with Crippen molar-refractivity contribution in [3.05, 3.63) is 12.2 Å². The molecule has 13 heteroatoms. The van der Waals surface area contributed by atoms with Gasteiger partial charge in [0, 0.05) is 12.2 Å². The Hall–Kier alpha value is -3.48. The average Bonchev–Trinajstić information content (AvgIpc) is 2.43. The molecule has 0 rings (SSSR count). The molecule has 0 aromatic rings. The standard InChI is InChI=1S/C8H10O9.C4H4O4/c9-5(10)1-3(7(13)14)17-4(8(15)16)2-6(11)12;5-3(6)1-2-4(7)8/h3-4H,1-2H2,(H,9,10)(H,11,12)(H,13,14)(H,15,16);1-2H,(H,5,6)(H,7,8). The molecular formula is C12H14O13. The van der Waals surface area contributed by atoms with E-state index in [1.807, 2.05) is 0 Å². The SMILES string of the molecule is O=C(O)C=CC(=O)O.O=C(O)CC(OC(CC(=O)O)C(=O)O)C(=O)O. The molecule has 0 amide bonds. The zero-order valence-electron chi connectivity index (χ0n) is 12.3. The van der Waals surface area contributed by atoms with E-state index in [0.717, 1.165) is 0 Å². The van der Waals surface area contributed by atoms with Gasteiger partial charge in [-0.1, -0.05) is 0 Å². The van der Waals surface area contributed by atoms with Gasteiger partial charge in [-0.15, -0.1) is 0 Å². The first-order chi connectivity index (χ1) is 11.4. The van der Waals surface area contributed by atoms with Crippen molar-refractivity contribution >= 4 is 35.8 Å². The molecule has 0 fully saturated rings. The van der Waals surface area contributed by atoms with Gasteiger partial charge in [0.2, 0.25) is 0 Å². The van der Waals surface area contributed by atoms with Crippen molar-refractivity contribution in [2.24, 2.45) is 0 Å². The molecule has 0 aromatic carbocycles. The van der Waals surface area contributed by atoms with E-state index in [-0.39, 0.29) is 0 Å². The average molecular weight is 366 g/mol. The molecule has 0 saturated heterocycles. The summed E-state index contributed by atoms with van der Waals surface area (Å²) < 4.78 is 4.43. The molecule has 0 heterocycles. The Morgan fingerprint density at radius 3 is 1.08 bits per heavy atom. The zero-order chi connectivity index (χ0) is 20.2. The van der Waals surface area contributed by atoms with E-state index in [9.17, 15) is 28.8 Å². The Labute approximate surface area is 138 Å². The van der Waals surface area contributed by atoms with Gasteiger partial charge < -0.3 is 35.4 Å². The minimum absolute atomic E-state index is 0.558. The van der Waals surface area contributed by atoms with Crippen LogP contribution in [0.2, 0.25) is 0 Å². The molecule has 0 aliphatic rings. The van der Waals surface area contributed by atoms with E-state index >= 15 is 0 Å². The molecule has 0 aliphatic heterocycles. The van der Waals surface area contributed by atoms with Crippen molar-refractivity contribution in [3.63, 3.8) is 0 Å². The molecule has 6 N–H and O–H groups in total. The number of rotatable bonds is 10. The summed E-state index contributed by atoms with van der Waals surface area (Å²) in [4.78, 5) is 60.8. The molecule has 0 bridgehead atoms. The predicted molar refractivity (Wildman–Crippen MR) is 72.8 cm³/mol. The van der Waals surface area contributed by atoms with Gasteiger partial charge in [-0.05, 0) is 0 Å². The van der Waals surface area contributed by atoms with E-state index in [4.69, 9.17) is 30.6 Å². The van der Waals surface area contributed by atoms with E-state index in [0.29, 0.717) is 12.2 Å². The lowest BCUT2D eigenvalue weighted by Crippen LogP contribution is -2.36. The summed E-state index contributed by atoms with van der Waals surface area (Å²) in [6, 6.07) is 0. The fourth-order valence-electron chi connectivity index (χ4n) is 1.05. The van der Waals surface area contributed by atoms with Gasteiger partial charge in [0.1, 0.15) is 0 Å². The number of carboxylic acid groups (broad SMARTS) is 6. The third-order valence-electron chi connectivity index (χ3n) is 1.97. The van der Waals surface area contributed by atoms with E-state index in [2.05, 4.69) is 4.74 Å². The lowest BCUT2D eigenvalue weighted by Gasteiger charge is -2.16. The molecule has 0 spiro atoms. The Bertz CT molecular complexity index is 513. The van der Waals surface area contributed by atoms with Gasteiger partial charge >= 0.3 is 35.8 Å². The van der Waals surface area contributed by atoms with Crippen LogP contribution in [0.15, 0.2) is 12.2 Å². The first kappa shape index (κ1) is 23.8. The second kappa shape index (κ2) is 12.0. The van der Waals surface area contributed by atoms with Gasteiger partial charge in [-0.3, -0.25) is 9.59 Å². The highest BCUT2D eigenvalue weighted by molar-refractivity contribution is 5.89. The third-order valence-corrected chi connectivity index (χ3v) is 1.97. The molecular weight excluding hydrogens is 352 g/mol. The topological polar surface area (TPSA) is 233 Å². The van der Waals surface area contributed by atoms with E-state index in [1.165, 1.54) is 0 Å². The fraction of sp³-hybridized carbons (Fsp3) is 0.333. The van der Waals surface area contributed by atoms with Crippen molar-refractivity contribution in [1.82, 2.24) is 0 Å². The van der Waals surface area contributed by atoms with Gasteiger partial charge in [0.25, 0.3) is 0 Å². The minimum Gasteiger partial charge on any atom is -0.481 e. The number of hydrogen-bond donors (Lipinski definition) is 6. The number of carbonyl (C=O) groups is 6. The fourth-order valence-corrected chi connectivity index (χ4v) is 1.05. The summed E-state index contributed by atoms with van der Waals surface area (Å²) >= 11 is 0. The van der Waals surface area contributed by atoms with Gasteiger partial charge in [-0.25, -0.2) is 19.2 Å². The van der Waals surface area contributed by atoms with Gasteiger partial charge in [0.15, 0.2) is 12.2 Å². The van der Waals surface area contributed by atoms with Crippen LogP contribution in [0.3, 0.4) is 0 Å². The number of hydrogen-bond acceptors (Lipinski definition) is 7. The Balaban J connectivity index is 0. The lowest BCUT2D eigenvalue weighted by molar-refractivity contribution is -0.172. The van der Waals surface area contributed by atoms with Crippen LogP contribution in [-0.4, -0.2) is 78.7 Å². The van der Waals surface area contributed by atoms with Crippen LogP contribution in [0, 0.1) is 0 Å². The number of ether oxygens (including phenoxy) is 1. The largest absolute Gasteiger partial charge is 0.481 e. The molecule has 13 nitrogen and oxygen atoms in total. The van der Waals surface area contributed by atoms with Crippen molar-refractivity contribution in [2.45, 2.75) is 25.0 Å². The molecule has 0 aromatic heterocycles. The number of carboxylic acids is 6. The molecule has 0 saturated carbocycles. The summed E-state index contributed by atoms with van der Waals surface area (Å²) in [5, 5.41) is 49.5. The molecule has 0 radical (unpaired) electrons. The Morgan fingerprint density at radius 1 is 0.640 bits per heavy atom. The highest BCUT2D eigenvalue weighted by Crippen LogP contribution is 2.08. The maximum Gasteiger partial charge on any atom is 0.333 e. The van der Waals surface area contributed by atoms with Crippen molar-refractivity contribution in [3.8, 4) is 0 Å². The van der Waals surface area contributed by atoms with Crippen molar-refractivity contribution in [1.29, 1.82) is 0 Å². The van der Waals surface area contributed by atoms with Gasteiger partial charge in [0.05, 0.1) is 12.8 Å². The van der Waals surface area contributed by atoms with Crippen molar-refractivity contribution < 1.29 is 64.1 Å². The second-order valence-electron chi connectivity index (χ2n) is 4.00. The van der Waals surface area contributed by atoms with Crippen LogP contribution in [0.4, 0.5) is 0 Å². The summed E-state index contributed by atoms with van der Waals surface area (Å²) in [6.45, 7) is 0. The molecule has 2 atom stereocenters. The van der Waals surface area contributed by atoms with Crippen LogP contribution >= 0.6 is 0 Å². The monoisotopic (exact) mass is 366 g/mol. The Kier molecular flexibility index (Phi) is 11.4. The normalized spacial score (nSPS) is 12.3. The molecule has 2 unspecified atom stereocenters. The van der Waals surface area contributed by atoms with Crippen LogP contribution in [0.5, 0.6) is 0 Å². The summed E-state index contributed by atoms with van der Waals surface area (Å²) in [5.41, 5.74) is 0. The Morgan fingerprint density at radius 2 is 0.920 bits per heavy atom. The summed E-state index contributed by atoms with van der Waals surface area (Å²) in [5.74, 6) is -8.87. The van der Waals surface area contributed by atoms with Crippen LogP contribution in [0.25, 0.3) is 0 Å². The van der Waals surface area contributed by atoms with Crippen LogP contribution in [-0.2, 0) is 33.5 Å². The smallest absolute Gasteiger partial charge is 0.333 e. The van der Waals surface area contributed by atoms with Crippen LogP contribution < -0.4 is 0 Å². The highest BCUT2D eigenvalue weighted by Gasteiger charge is 2.30. The van der Waals surface area contributed by atoms with Gasteiger partial charge in [-0.2, -0.15) is 0 Å². The lowest BCUT2D eigenvalue weighted by atomic mass is 10.2. The summed E-state index contributed by atoms with van der Waals surface area (Å²) in [6.07, 6.45) is -4.62. The molecule has 140 valence electrons. The zero-order valence-corrected chi connectivity index (χ0v) is 12.3. The third kappa shape index (κ3) is 15.2. The second-order valence-corrected chi connectivity index (χ2v) is 4.00. The first-order valence-corrected chi connectivity index (χ1v) is 6.05. The van der Waals surface area contributed by atoms with E-state index < -0.39 is 60.9 Å². The maximum absolute atomic E-state index is 10.6. The highest BCUT2D eigenvalue weighted by atomic mass is 16.5. The molecule has 25 heavy (non-hydrogen) atoms. The number of aliphatic carboxylic acids is 6.